The lowest BCUT2D eigenvalue weighted by Gasteiger charge is -2.43. The molecule has 1 fully saturated rings. The van der Waals surface area contributed by atoms with Crippen molar-refractivity contribution in [2.24, 2.45) is 5.92 Å². The Kier molecular flexibility index (Phi) is 6.52. The minimum absolute atomic E-state index is 0.166. The molecule has 1 saturated heterocycles. The lowest BCUT2D eigenvalue weighted by molar-refractivity contribution is 0.159. The second-order valence-electron chi connectivity index (χ2n) is 9.36. The number of rotatable bonds is 5. The van der Waals surface area contributed by atoms with E-state index in [0.717, 1.165) is 50.5 Å². The zero-order valence-electron chi connectivity index (χ0n) is 19.6. The van der Waals surface area contributed by atoms with Crippen LogP contribution in [-0.2, 0) is 19.5 Å². The third kappa shape index (κ3) is 4.52. The largest absolute Gasteiger partial charge is 0.363 e. The summed E-state index contributed by atoms with van der Waals surface area (Å²) in [6, 6.07) is 11.1. The van der Waals surface area contributed by atoms with Crippen LogP contribution in [0.5, 0.6) is 0 Å². The van der Waals surface area contributed by atoms with Gasteiger partial charge in [-0.15, -0.1) is 0 Å². The number of anilines is 2. The number of hydrogen-bond donors (Lipinski definition) is 1. The Morgan fingerprint density at radius 2 is 2.03 bits per heavy atom. The topological polar surface area (TPSA) is 81.2 Å². The van der Waals surface area contributed by atoms with Crippen LogP contribution >= 0.6 is 11.6 Å². The molecule has 2 aromatic heterocycles. The number of halogens is 1. The smallest absolute Gasteiger partial charge is 0.285 e. The summed E-state index contributed by atoms with van der Waals surface area (Å²) in [6.07, 6.45) is 5.21. The molecule has 8 nitrogen and oxygen atoms in total. The number of nitrogens with zero attached hydrogens (tertiary/aromatic N) is 6. The lowest BCUT2D eigenvalue weighted by Crippen LogP contribution is -2.51. The first-order valence-corrected chi connectivity index (χ1v) is 12.2. The van der Waals surface area contributed by atoms with E-state index in [9.17, 15) is 4.79 Å². The zero-order valence-corrected chi connectivity index (χ0v) is 20.4. The number of H-pyrrole nitrogens is 1. The highest BCUT2D eigenvalue weighted by Gasteiger charge is 2.32. The van der Waals surface area contributed by atoms with Gasteiger partial charge >= 0.3 is 0 Å². The van der Waals surface area contributed by atoms with E-state index in [1.54, 1.807) is 12.5 Å². The summed E-state index contributed by atoms with van der Waals surface area (Å²) < 4.78 is 0. The van der Waals surface area contributed by atoms with Crippen molar-refractivity contribution in [3.05, 3.63) is 75.1 Å². The summed E-state index contributed by atoms with van der Waals surface area (Å²) in [5.74, 6) is 1.59. The molecule has 178 valence electrons. The molecule has 2 atom stereocenters. The fourth-order valence-corrected chi connectivity index (χ4v) is 5.41. The predicted molar refractivity (Wildman–Crippen MR) is 134 cm³/mol. The van der Waals surface area contributed by atoms with Crippen LogP contribution in [0.25, 0.3) is 0 Å². The molecule has 0 spiro atoms. The van der Waals surface area contributed by atoms with Crippen molar-refractivity contribution in [3.8, 4) is 0 Å². The third-order valence-corrected chi connectivity index (χ3v) is 7.55. The van der Waals surface area contributed by atoms with Crippen molar-refractivity contribution in [3.63, 3.8) is 0 Å². The van der Waals surface area contributed by atoms with Gasteiger partial charge in [0.1, 0.15) is 17.2 Å². The number of likely N-dealkylation sites (tertiary alicyclic amines) is 1. The van der Waals surface area contributed by atoms with Gasteiger partial charge in [-0.05, 0) is 30.9 Å². The van der Waals surface area contributed by atoms with Gasteiger partial charge in [0.25, 0.3) is 5.56 Å². The molecule has 2 aliphatic rings. The summed E-state index contributed by atoms with van der Waals surface area (Å²) in [7, 11) is 2.17. The van der Waals surface area contributed by atoms with E-state index < -0.39 is 0 Å². The molecule has 1 N–H and O–H groups in total. The highest BCUT2D eigenvalue weighted by atomic mass is 35.5. The van der Waals surface area contributed by atoms with Crippen molar-refractivity contribution < 1.29 is 0 Å². The van der Waals surface area contributed by atoms with Crippen LogP contribution in [0.4, 0.5) is 11.5 Å². The number of nitrogens with one attached hydrogen (secondary N) is 1. The van der Waals surface area contributed by atoms with Crippen LogP contribution in [0.1, 0.15) is 30.2 Å². The fourth-order valence-electron chi connectivity index (χ4n) is 5.20. The van der Waals surface area contributed by atoms with E-state index >= 15 is 0 Å². The summed E-state index contributed by atoms with van der Waals surface area (Å²) in [4.78, 5) is 28.2. The minimum atomic E-state index is -0.376. The maximum Gasteiger partial charge on any atom is 0.285 e. The summed E-state index contributed by atoms with van der Waals surface area (Å²) in [6.45, 7) is 6.74. The number of piperidine rings is 1. The van der Waals surface area contributed by atoms with Gasteiger partial charge in [-0.2, -0.15) is 5.10 Å². The molecule has 3 aromatic rings. The average Bonchev–Trinajstić information content (AvgIpc) is 2.86. The molecule has 4 heterocycles. The number of likely N-dealkylation sites (N-methyl/N-ethyl adjacent to an activating group) is 1. The quantitative estimate of drug-likeness (QED) is 0.602. The van der Waals surface area contributed by atoms with Crippen molar-refractivity contribution in [1.82, 2.24) is 25.1 Å². The minimum Gasteiger partial charge on any atom is -0.363 e. The number of fused-ring (bicyclic) bond motifs is 1. The Hall–Kier alpha value is -2.97. The van der Waals surface area contributed by atoms with E-state index in [1.165, 1.54) is 11.1 Å². The van der Waals surface area contributed by atoms with Gasteiger partial charge in [-0.25, -0.2) is 15.1 Å². The molecular weight excluding hydrogens is 450 g/mol. The molecule has 1 aromatic carbocycles. The second kappa shape index (κ2) is 9.72. The first kappa shape index (κ1) is 22.8. The molecule has 0 amide bonds. The normalized spacial score (nSPS) is 20.7. The van der Waals surface area contributed by atoms with Crippen LogP contribution in [0, 0.1) is 5.92 Å². The maximum atomic E-state index is 11.9. The fraction of sp³-hybridized carbons (Fsp3) is 0.440. The highest BCUT2D eigenvalue weighted by Crippen LogP contribution is 2.32. The lowest BCUT2D eigenvalue weighted by atomic mass is 9.91. The number of benzene rings is 1. The molecule has 0 bridgehead atoms. The van der Waals surface area contributed by atoms with Gasteiger partial charge < -0.3 is 9.80 Å². The Labute approximate surface area is 204 Å². The Balaban J connectivity index is 1.35. The molecule has 0 radical (unpaired) electrons. The Morgan fingerprint density at radius 1 is 1.21 bits per heavy atom. The van der Waals surface area contributed by atoms with Crippen molar-refractivity contribution in [1.29, 1.82) is 0 Å². The number of aromatic nitrogens is 4. The van der Waals surface area contributed by atoms with Gasteiger partial charge in [0.2, 0.25) is 0 Å². The number of hydrogen-bond acceptors (Lipinski definition) is 7. The first-order valence-electron chi connectivity index (χ1n) is 11.8. The van der Waals surface area contributed by atoms with E-state index in [0.29, 0.717) is 24.2 Å². The van der Waals surface area contributed by atoms with Gasteiger partial charge in [-0.3, -0.25) is 9.69 Å². The van der Waals surface area contributed by atoms with E-state index in [1.807, 2.05) is 0 Å². The molecule has 0 aliphatic carbocycles. The van der Waals surface area contributed by atoms with Gasteiger partial charge in [0, 0.05) is 38.3 Å². The van der Waals surface area contributed by atoms with Crippen LogP contribution in [0.3, 0.4) is 0 Å². The highest BCUT2D eigenvalue weighted by molar-refractivity contribution is 6.33. The first-order chi connectivity index (χ1) is 16.5. The van der Waals surface area contributed by atoms with Gasteiger partial charge in [-0.1, -0.05) is 48.9 Å². The molecule has 9 heteroatoms. The molecule has 0 saturated carbocycles. The SMILES string of the molecule is C[C@@H]1CCN(Cc2ccccc2)CC1N(C)c1ncnc2c1CCN(c1cn[nH]c(=O)c1Cl)C2. The number of aromatic amines is 1. The third-order valence-electron chi connectivity index (χ3n) is 7.19. The van der Waals surface area contributed by atoms with Gasteiger partial charge in [0.05, 0.1) is 24.1 Å². The van der Waals surface area contributed by atoms with Crippen LogP contribution in [-0.4, -0.2) is 57.8 Å². The predicted octanol–water partition coefficient (Wildman–Crippen LogP) is 3.12. The van der Waals surface area contributed by atoms with Crippen LogP contribution in [0.2, 0.25) is 5.02 Å². The van der Waals surface area contributed by atoms with Crippen molar-refractivity contribution in [2.45, 2.75) is 38.9 Å². The standard InChI is InChI=1S/C25H30ClN7O/c1-17-8-10-32(13-18-6-4-3-5-7-18)15-22(17)31(2)24-19-9-11-33(14-20(19)27-16-28-24)21-12-29-30-25(34)23(21)26/h3-7,12,16-17,22H,8-11,13-15H2,1-2H3,(H,30,34)/t17-,22?/m1/s1. The average molecular weight is 480 g/mol. The molecule has 2 aliphatic heterocycles. The monoisotopic (exact) mass is 479 g/mol. The van der Waals surface area contributed by atoms with Gasteiger partial charge in [0.15, 0.2) is 0 Å². The zero-order chi connectivity index (χ0) is 23.7. The molecule has 1 unspecified atom stereocenters. The van der Waals surface area contributed by atoms with Crippen molar-refractivity contribution in [2.75, 3.05) is 36.5 Å². The maximum absolute atomic E-state index is 11.9. The van der Waals surface area contributed by atoms with Crippen molar-refractivity contribution >= 4 is 23.1 Å². The molecule has 34 heavy (non-hydrogen) atoms. The van der Waals surface area contributed by atoms with E-state index in [2.05, 4.69) is 74.2 Å². The second-order valence-corrected chi connectivity index (χ2v) is 9.74. The summed E-state index contributed by atoms with van der Waals surface area (Å²) in [5.41, 5.74) is 3.78. The van der Waals surface area contributed by atoms with Crippen LogP contribution in [0.15, 0.2) is 47.7 Å². The summed E-state index contributed by atoms with van der Waals surface area (Å²) >= 11 is 6.25. The molecular formula is C25H30ClN7O. The van der Waals surface area contributed by atoms with E-state index in [4.69, 9.17) is 16.6 Å². The van der Waals surface area contributed by atoms with Crippen LogP contribution < -0.4 is 15.4 Å². The molecule has 5 rings (SSSR count). The summed E-state index contributed by atoms with van der Waals surface area (Å²) in [5, 5.41) is 6.47. The Morgan fingerprint density at radius 3 is 2.85 bits per heavy atom. The van der Waals surface area contributed by atoms with E-state index in [-0.39, 0.29) is 10.6 Å². The Bertz CT molecular complexity index is 1200.